The Kier molecular flexibility index (Phi) is 3.30. The lowest BCUT2D eigenvalue weighted by atomic mass is 9.92. The molecule has 0 radical (unpaired) electrons. The second kappa shape index (κ2) is 5.17. The van der Waals surface area contributed by atoms with E-state index in [4.69, 9.17) is 4.42 Å². The molecule has 2 aromatic rings. The SMILES string of the molecule is CCCNC(c1cc2cccc(C)c2o1)C1CC2CC2C1. The van der Waals surface area contributed by atoms with Crippen molar-refractivity contribution in [2.75, 3.05) is 6.54 Å². The summed E-state index contributed by atoms with van der Waals surface area (Å²) >= 11 is 0. The molecule has 0 spiro atoms. The Balaban J connectivity index is 1.65. The summed E-state index contributed by atoms with van der Waals surface area (Å²) in [6.07, 6.45) is 5.44. The van der Waals surface area contributed by atoms with Gasteiger partial charge in [0.25, 0.3) is 0 Å². The third kappa shape index (κ3) is 2.40. The summed E-state index contributed by atoms with van der Waals surface area (Å²) in [5.74, 6) is 3.96. The third-order valence-electron chi connectivity index (χ3n) is 5.43. The van der Waals surface area contributed by atoms with Crippen molar-refractivity contribution >= 4 is 11.0 Å². The van der Waals surface area contributed by atoms with E-state index < -0.39 is 0 Å². The lowest BCUT2D eigenvalue weighted by molar-refractivity contribution is 0.301. The van der Waals surface area contributed by atoms with Crippen LogP contribution in [0.2, 0.25) is 0 Å². The van der Waals surface area contributed by atoms with Crippen molar-refractivity contribution in [1.29, 1.82) is 0 Å². The van der Waals surface area contributed by atoms with Crippen molar-refractivity contribution in [3.05, 3.63) is 35.6 Å². The van der Waals surface area contributed by atoms with E-state index in [2.05, 4.69) is 43.4 Å². The van der Waals surface area contributed by atoms with Gasteiger partial charge in [0.2, 0.25) is 0 Å². The van der Waals surface area contributed by atoms with Crippen LogP contribution in [0.25, 0.3) is 11.0 Å². The smallest absolute Gasteiger partial charge is 0.137 e. The topological polar surface area (TPSA) is 25.2 Å². The summed E-state index contributed by atoms with van der Waals surface area (Å²) in [4.78, 5) is 0. The molecule has 4 rings (SSSR count). The molecule has 1 N–H and O–H groups in total. The summed E-state index contributed by atoms with van der Waals surface area (Å²) in [7, 11) is 0. The van der Waals surface area contributed by atoms with Crippen LogP contribution in [0.5, 0.6) is 0 Å². The van der Waals surface area contributed by atoms with E-state index in [-0.39, 0.29) is 0 Å². The fraction of sp³-hybridized carbons (Fsp3) is 0.579. The molecule has 2 heteroatoms. The Bertz CT molecular complexity index is 634. The minimum Gasteiger partial charge on any atom is -0.459 e. The van der Waals surface area contributed by atoms with Gasteiger partial charge in [-0.05, 0) is 68.5 Å². The van der Waals surface area contributed by atoms with Gasteiger partial charge in [-0.25, -0.2) is 0 Å². The molecule has 0 bridgehead atoms. The number of benzene rings is 1. The molecule has 2 saturated carbocycles. The van der Waals surface area contributed by atoms with Gasteiger partial charge in [0.15, 0.2) is 0 Å². The van der Waals surface area contributed by atoms with Crippen LogP contribution in [-0.2, 0) is 0 Å². The highest BCUT2D eigenvalue weighted by atomic mass is 16.3. The summed E-state index contributed by atoms with van der Waals surface area (Å²) in [6, 6.07) is 9.09. The van der Waals surface area contributed by atoms with Crippen molar-refractivity contribution in [1.82, 2.24) is 5.32 Å². The second-order valence-electron chi connectivity index (χ2n) is 7.06. The van der Waals surface area contributed by atoms with Gasteiger partial charge < -0.3 is 9.73 Å². The Morgan fingerprint density at radius 2 is 2.05 bits per heavy atom. The number of para-hydroxylation sites is 1. The van der Waals surface area contributed by atoms with Crippen LogP contribution >= 0.6 is 0 Å². The molecule has 21 heavy (non-hydrogen) atoms. The molecule has 2 nitrogen and oxygen atoms in total. The average Bonchev–Trinajstić information content (AvgIpc) is 2.90. The first-order valence-corrected chi connectivity index (χ1v) is 8.48. The van der Waals surface area contributed by atoms with E-state index in [1.54, 1.807) is 0 Å². The summed E-state index contributed by atoms with van der Waals surface area (Å²) in [5, 5.41) is 5.00. The zero-order chi connectivity index (χ0) is 14.4. The highest BCUT2D eigenvalue weighted by Gasteiger charge is 2.48. The summed E-state index contributed by atoms with van der Waals surface area (Å²) < 4.78 is 6.26. The number of furan rings is 1. The van der Waals surface area contributed by atoms with Gasteiger partial charge in [-0.2, -0.15) is 0 Å². The van der Waals surface area contributed by atoms with Gasteiger partial charge in [0.05, 0.1) is 6.04 Å². The van der Waals surface area contributed by atoms with Gasteiger partial charge >= 0.3 is 0 Å². The van der Waals surface area contributed by atoms with Crippen LogP contribution in [0.1, 0.15) is 50.0 Å². The molecule has 0 amide bonds. The van der Waals surface area contributed by atoms with Crippen molar-refractivity contribution < 1.29 is 4.42 Å². The molecule has 3 atom stereocenters. The molecular weight excluding hydrogens is 258 g/mol. The van der Waals surface area contributed by atoms with Gasteiger partial charge in [-0.3, -0.25) is 0 Å². The minimum atomic E-state index is 0.407. The highest BCUT2D eigenvalue weighted by molar-refractivity contribution is 5.81. The zero-order valence-electron chi connectivity index (χ0n) is 13.1. The molecule has 3 unspecified atom stereocenters. The zero-order valence-corrected chi connectivity index (χ0v) is 13.1. The van der Waals surface area contributed by atoms with E-state index in [1.807, 2.05) is 0 Å². The quantitative estimate of drug-likeness (QED) is 0.850. The molecule has 1 aromatic heterocycles. The van der Waals surface area contributed by atoms with Gasteiger partial charge in [0, 0.05) is 5.39 Å². The molecular formula is C19H25NO. The number of hydrogen-bond acceptors (Lipinski definition) is 2. The number of hydrogen-bond donors (Lipinski definition) is 1. The molecule has 2 fully saturated rings. The van der Waals surface area contributed by atoms with Crippen molar-refractivity contribution in [2.24, 2.45) is 17.8 Å². The molecule has 112 valence electrons. The Hall–Kier alpha value is -1.28. The monoisotopic (exact) mass is 283 g/mol. The second-order valence-corrected chi connectivity index (χ2v) is 7.06. The maximum absolute atomic E-state index is 6.26. The van der Waals surface area contributed by atoms with E-state index >= 15 is 0 Å². The Morgan fingerprint density at radius 3 is 2.76 bits per heavy atom. The Morgan fingerprint density at radius 1 is 1.24 bits per heavy atom. The first-order valence-electron chi connectivity index (χ1n) is 8.48. The van der Waals surface area contributed by atoms with E-state index in [9.17, 15) is 0 Å². The first-order chi connectivity index (χ1) is 10.3. The van der Waals surface area contributed by atoms with Gasteiger partial charge in [-0.1, -0.05) is 25.1 Å². The lowest BCUT2D eigenvalue weighted by Gasteiger charge is -2.24. The van der Waals surface area contributed by atoms with Crippen LogP contribution in [0.15, 0.2) is 28.7 Å². The predicted octanol–water partition coefficient (Wildman–Crippen LogP) is 4.83. The minimum absolute atomic E-state index is 0.407. The number of rotatable bonds is 5. The number of nitrogens with one attached hydrogen (secondary N) is 1. The van der Waals surface area contributed by atoms with Gasteiger partial charge in [-0.15, -0.1) is 0 Å². The van der Waals surface area contributed by atoms with Crippen molar-refractivity contribution in [3.8, 4) is 0 Å². The molecule has 1 aromatic carbocycles. The first kappa shape index (κ1) is 13.4. The normalized spacial score (nSPS) is 28.8. The maximum Gasteiger partial charge on any atom is 0.137 e. The van der Waals surface area contributed by atoms with Crippen LogP contribution in [0.3, 0.4) is 0 Å². The molecule has 2 aliphatic carbocycles. The van der Waals surface area contributed by atoms with Crippen LogP contribution < -0.4 is 5.32 Å². The molecule has 1 heterocycles. The number of fused-ring (bicyclic) bond motifs is 2. The highest BCUT2D eigenvalue weighted by Crippen LogP contribution is 2.57. The third-order valence-corrected chi connectivity index (χ3v) is 5.43. The standard InChI is InChI=1S/C19H25NO/c1-3-7-20-18(16-9-14-8-15(14)10-16)17-11-13-6-4-5-12(2)19(13)21-17/h4-6,11,14-16,18,20H,3,7-10H2,1-2H3. The molecule has 0 aliphatic heterocycles. The number of aryl methyl sites for hydroxylation is 1. The van der Waals surface area contributed by atoms with E-state index in [1.165, 1.54) is 36.6 Å². The summed E-state index contributed by atoms with van der Waals surface area (Å²) in [5.41, 5.74) is 2.31. The molecule has 2 aliphatic rings. The van der Waals surface area contributed by atoms with E-state index in [0.29, 0.717) is 6.04 Å². The van der Waals surface area contributed by atoms with Crippen LogP contribution in [0.4, 0.5) is 0 Å². The van der Waals surface area contributed by atoms with Crippen molar-refractivity contribution in [3.63, 3.8) is 0 Å². The van der Waals surface area contributed by atoms with Crippen molar-refractivity contribution in [2.45, 2.75) is 45.6 Å². The van der Waals surface area contributed by atoms with E-state index in [0.717, 1.165) is 35.6 Å². The lowest BCUT2D eigenvalue weighted by Crippen LogP contribution is -2.28. The van der Waals surface area contributed by atoms with Gasteiger partial charge in [0.1, 0.15) is 11.3 Å². The largest absolute Gasteiger partial charge is 0.459 e. The fourth-order valence-electron chi connectivity index (χ4n) is 4.22. The average molecular weight is 283 g/mol. The Labute approximate surface area is 126 Å². The van der Waals surface area contributed by atoms with Crippen LogP contribution in [-0.4, -0.2) is 6.54 Å². The summed E-state index contributed by atoms with van der Waals surface area (Å²) in [6.45, 7) is 5.44. The maximum atomic E-state index is 6.26. The predicted molar refractivity (Wildman–Crippen MR) is 86.3 cm³/mol. The molecule has 0 saturated heterocycles. The van der Waals surface area contributed by atoms with Crippen LogP contribution in [0, 0.1) is 24.7 Å². The fourth-order valence-corrected chi connectivity index (χ4v) is 4.22.